The summed E-state index contributed by atoms with van der Waals surface area (Å²) in [5.74, 6) is 1.36. The Morgan fingerprint density at radius 1 is 1.11 bits per heavy atom. The maximum Gasteiger partial charge on any atom is 0.224 e. The minimum Gasteiger partial charge on any atom is -0.376 e. The molecular formula is C20H32N4O4. The lowest BCUT2D eigenvalue weighted by Crippen LogP contribution is -2.35. The van der Waals surface area contributed by atoms with Crippen LogP contribution in [-0.4, -0.2) is 85.2 Å². The second-order valence-corrected chi connectivity index (χ2v) is 8.49. The van der Waals surface area contributed by atoms with Crippen molar-refractivity contribution < 1.29 is 18.8 Å². The second kappa shape index (κ2) is 8.21. The first-order valence-electron chi connectivity index (χ1n) is 9.86. The van der Waals surface area contributed by atoms with Crippen LogP contribution < -0.4 is 0 Å². The van der Waals surface area contributed by atoms with Crippen molar-refractivity contribution in [3.05, 3.63) is 17.0 Å². The van der Waals surface area contributed by atoms with E-state index in [1.165, 1.54) is 0 Å². The quantitative estimate of drug-likeness (QED) is 0.720. The Kier molecular flexibility index (Phi) is 6.09. The molecule has 2 aliphatic rings. The van der Waals surface area contributed by atoms with E-state index in [2.05, 4.69) is 10.1 Å². The lowest BCUT2D eigenvalue weighted by Gasteiger charge is -2.24. The molecule has 2 amide bonds. The Bertz CT molecular complexity index is 710. The number of hydrogen-bond acceptors (Lipinski definition) is 6. The topological polar surface area (TPSA) is 79.1 Å². The molecule has 8 heteroatoms. The largest absolute Gasteiger partial charge is 0.376 e. The number of hydrogen-bond donors (Lipinski definition) is 0. The lowest BCUT2D eigenvalue weighted by molar-refractivity contribution is -0.131. The molecule has 156 valence electrons. The van der Waals surface area contributed by atoms with Gasteiger partial charge in [0.1, 0.15) is 5.76 Å². The highest BCUT2D eigenvalue weighted by molar-refractivity contribution is 5.77. The van der Waals surface area contributed by atoms with Crippen LogP contribution in [0.5, 0.6) is 0 Å². The zero-order valence-electron chi connectivity index (χ0n) is 17.8. The summed E-state index contributed by atoms with van der Waals surface area (Å²) in [5, 5.41) is 4.06. The minimum absolute atomic E-state index is 0.0625. The first-order valence-corrected chi connectivity index (χ1v) is 9.86. The van der Waals surface area contributed by atoms with Crippen molar-refractivity contribution in [1.29, 1.82) is 0 Å². The molecule has 1 aromatic rings. The van der Waals surface area contributed by atoms with Gasteiger partial charge in [-0.25, -0.2) is 0 Å². The van der Waals surface area contributed by atoms with Crippen LogP contribution in [0.1, 0.15) is 29.9 Å². The Hall–Kier alpha value is -1.93. The SMILES string of the molecule is Cc1noc(C)c1CN1C[C@@H](CC(=O)N(C)C)[C@H]2[C@H](CC(=O)N(C)C)OC[C@H]21. The number of ether oxygens (including phenoxy) is 1. The molecule has 2 fully saturated rings. The van der Waals surface area contributed by atoms with Gasteiger partial charge < -0.3 is 19.1 Å². The number of aryl methyl sites for hydroxylation is 2. The number of carbonyl (C=O) groups excluding carboxylic acids is 2. The summed E-state index contributed by atoms with van der Waals surface area (Å²) in [4.78, 5) is 30.3. The third kappa shape index (κ3) is 4.07. The van der Waals surface area contributed by atoms with E-state index in [-0.39, 0.29) is 35.8 Å². The molecule has 0 spiro atoms. The molecule has 28 heavy (non-hydrogen) atoms. The maximum atomic E-state index is 12.4. The van der Waals surface area contributed by atoms with Gasteiger partial charge in [-0.05, 0) is 19.8 Å². The van der Waals surface area contributed by atoms with Crippen LogP contribution in [0.2, 0.25) is 0 Å². The molecule has 0 aliphatic carbocycles. The summed E-state index contributed by atoms with van der Waals surface area (Å²) in [6, 6.07) is 0.202. The number of likely N-dealkylation sites (tertiary alicyclic amines) is 1. The monoisotopic (exact) mass is 392 g/mol. The van der Waals surface area contributed by atoms with Gasteiger partial charge >= 0.3 is 0 Å². The molecule has 0 N–H and O–H groups in total. The van der Waals surface area contributed by atoms with Gasteiger partial charge in [0.25, 0.3) is 0 Å². The second-order valence-electron chi connectivity index (χ2n) is 8.49. The van der Waals surface area contributed by atoms with Crippen LogP contribution in [0, 0.1) is 25.7 Å². The molecule has 1 aromatic heterocycles. The van der Waals surface area contributed by atoms with Crippen molar-refractivity contribution in [2.45, 2.75) is 45.4 Å². The highest BCUT2D eigenvalue weighted by Crippen LogP contribution is 2.42. The molecule has 4 atom stereocenters. The van der Waals surface area contributed by atoms with Gasteiger partial charge in [0.05, 0.1) is 24.8 Å². The fourth-order valence-corrected chi connectivity index (χ4v) is 4.49. The van der Waals surface area contributed by atoms with Gasteiger partial charge in [-0.2, -0.15) is 0 Å². The normalized spacial score (nSPS) is 27.1. The van der Waals surface area contributed by atoms with E-state index in [0.29, 0.717) is 19.4 Å². The number of fused-ring (bicyclic) bond motifs is 1. The van der Waals surface area contributed by atoms with E-state index in [1.54, 1.807) is 38.0 Å². The fourth-order valence-electron chi connectivity index (χ4n) is 4.49. The number of amides is 2. The summed E-state index contributed by atoms with van der Waals surface area (Å²) in [7, 11) is 7.10. The molecule has 0 radical (unpaired) electrons. The molecule has 0 aromatic carbocycles. The van der Waals surface area contributed by atoms with E-state index < -0.39 is 0 Å². The van der Waals surface area contributed by atoms with E-state index in [4.69, 9.17) is 9.26 Å². The standard InChI is InChI=1S/C20H32N4O4/c1-12-15(13(2)28-21-12)10-24-9-14(7-18(25)22(3)4)20-16(24)11-27-17(20)8-19(26)23(5)6/h14,16-17,20H,7-11H2,1-6H3/t14-,16-,17+,20-/m1/s1. The van der Waals surface area contributed by atoms with Crippen molar-refractivity contribution >= 4 is 11.8 Å². The van der Waals surface area contributed by atoms with Crippen molar-refractivity contribution in [2.75, 3.05) is 41.3 Å². The summed E-state index contributed by atoms with van der Waals surface area (Å²) in [5.41, 5.74) is 2.01. The molecular weight excluding hydrogens is 360 g/mol. The van der Waals surface area contributed by atoms with Crippen LogP contribution in [-0.2, 0) is 20.9 Å². The number of rotatable bonds is 6. The lowest BCUT2D eigenvalue weighted by atomic mass is 9.84. The smallest absolute Gasteiger partial charge is 0.224 e. The molecule has 3 heterocycles. The van der Waals surface area contributed by atoms with Crippen LogP contribution in [0.3, 0.4) is 0 Å². The molecule has 2 saturated heterocycles. The molecule has 0 unspecified atom stereocenters. The highest BCUT2D eigenvalue weighted by atomic mass is 16.5. The first-order chi connectivity index (χ1) is 13.2. The van der Waals surface area contributed by atoms with Gasteiger partial charge in [0.2, 0.25) is 11.8 Å². The first kappa shape index (κ1) is 20.8. The van der Waals surface area contributed by atoms with E-state index in [1.807, 2.05) is 13.8 Å². The van der Waals surface area contributed by atoms with Crippen LogP contribution in [0.15, 0.2) is 4.52 Å². The fraction of sp³-hybridized carbons (Fsp3) is 0.750. The molecule has 8 nitrogen and oxygen atoms in total. The molecule has 3 rings (SSSR count). The predicted molar refractivity (Wildman–Crippen MR) is 104 cm³/mol. The Morgan fingerprint density at radius 3 is 2.32 bits per heavy atom. The Morgan fingerprint density at radius 2 is 1.75 bits per heavy atom. The summed E-state index contributed by atoms with van der Waals surface area (Å²) in [6.07, 6.45) is 0.692. The van der Waals surface area contributed by atoms with E-state index in [0.717, 1.165) is 30.1 Å². The van der Waals surface area contributed by atoms with Gasteiger partial charge in [-0.1, -0.05) is 5.16 Å². The van der Waals surface area contributed by atoms with Gasteiger partial charge in [0.15, 0.2) is 0 Å². The van der Waals surface area contributed by atoms with E-state index >= 15 is 0 Å². The minimum atomic E-state index is -0.144. The number of nitrogens with zero attached hydrogens (tertiary/aromatic N) is 4. The van der Waals surface area contributed by atoms with Gasteiger partial charge in [-0.3, -0.25) is 14.5 Å². The van der Waals surface area contributed by atoms with E-state index in [9.17, 15) is 9.59 Å². The third-order valence-corrected chi connectivity index (χ3v) is 6.19. The average molecular weight is 393 g/mol. The number of carbonyl (C=O) groups is 2. The average Bonchev–Trinajstić information content (AvgIpc) is 3.27. The predicted octanol–water partition coefficient (Wildman–Crippen LogP) is 1.06. The zero-order valence-corrected chi connectivity index (χ0v) is 17.8. The molecule has 0 saturated carbocycles. The van der Waals surface area contributed by atoms with Crippen LogP contribution in [0.4, 0.5) is 0 Å². The zero-order chi connectivity index (χ0) is 20.6. The number of aromatic nitrogens is 1. The van der Waals surface area contributed by atoms with Crippen molar-refractivity contribution in [2.24, 2.45) is 11.8 Å². The summed E-state index contributed by atoms with van der Waals surface area (Å²) < 4.78 is 11.4. The van der Waals surface area contributed by atoms with Crippen molar-refractivity contribution in [1.82, 2.24) is 19.9 Å². The highest BCUT2D eigenvalue weighted by Gasteiger charge is 2.51. The van der Waals surface area contributed by atoms with Gasteiger partial charge in [-0.15, -0.1) is 0 Å². The summed E-state index contributed by atoms with van der Waals surface area (Å²) >= 11 is 0. The van der Waals surface area contributed by atoms with Gasteiger partial charge in [0, 0.05) is 65.2 Å². The summed E-state index contributed by atoms with van der Waals surface area (Å²) in [6.45, 7) is 6.02. The van der Waals surface area contributed by atoms with Crippen LogP contribution in [0.25, 0.3) is 0 Å². The molecule has 0 bridgehead atoms. The maximum absolute atomic E-state index is 12.4. The van der Waals surface area contributed by atoms with Crippen LogP contribution >= 0.6 is 0 Å². The third-order valence-electron chi connectivity index (χ3n) is 6.19. The molecule has 2 aliphatic heterocycles. The van der Waals surface area contributed by atoms with Crippen molar-refractivity contribution in [3.63, 3.8) is 0 Å². The Labute approximate surface area is 166 Å². The Balaban J connectivity index is 1.80. The van der Waals surface area contributed by atoms with Crippen molar-refractivity contribution in [3.8, 4) is 0 Å².